The molecule has 2 amide bonds. The van der Waals surface area contributed by atoms with Crippen LogP contribution in [0.15, 0.2) is 48.5 Å². The first kappa shape index (κ1) is 15.7. The Bertz CT molecular complexity index is 804. The molecule has 25 heavy (non-hydrogen) atoms. The Morgan fingerprint density at radius 1 is 1.20 bits per heavy atom. The van der Waals surface area contributed by atoms with Gasteiger partial charge < -0.3 is 15.5 Å². The van der Waals surface area contributed by atoms with Crippen LogP contribution in [0.2, 0.25) is 0 Å². The molecule has 2 aliphatic heterocycles. The molecule has 4 rings (SSSR count). The molecule has 1 unspecified atom stereocenters. The van der Waals surface area contributed by atoms with Gasteiger partial charge in [-0.3, -0.25) is 9.59 Å². The van der Waals surface area contributed by atoms with Crippen molar-refractivity contribution >= 4 is 23.2 Å². The molecule has 2 N–H and O–H groups in total. The van der Waals surface area contributed by atoms with Crippen molar-refractivity contribution in [2.75, 3.05) is 23.3 Å². The molecule has 128 valence electrons. The van der Waals surface area contributed by atoms with E-state index in [0.29, 0.717) is 12.1 Å². The Hall–Kier alpha value is -2.82. The van der Waals surface area contributed by atoms with E-state index in [4.69, 9.17) is 0 Å². The summed E-state index contributed by atoms with van der Waals surface area (Å²) in [4.78, 5) is 26.7. The molecule has 0 radical (unpaired) electrons. The molecule has 5 nitrogen and oxygen atoms in total. The number of rotatable bonds is 4. The van der Waals surface area contributed by atoms with Crippen LogP contribution < -0.4 is 15.5 Å². The number of benzene rings is 2. The van der Waals surface area contributed by atoms with Crippen LogP contribution in [0.4, 0.5) is 11.4 Å². The Labute approximate surface area is 147 Å². The monoisotopic (exact) mass is 335 g/mol. The van der Waals surface area contributed by atoms with E-state index in [1.54, 1.807) is 6.07 Å². The second kappa shape index (κ2) is 6.59. The third-order valence-corrected chi connectivity index (χ3v) is 4.92. The van der Waals surface area contributed by atoms with Crippen LogP contribution in [0.5, 0.6) is 0 Å². The van der Waals surface area contributed by atoms with Gasteiger partial charge in [-0.15, -0.1) is 0 Å². The summed E-state index contributed by atoms with van der Waals surface area (Å²) in [5.74, 6) is -0.0804. The summed E-state index contributed by atoms with van der Waals surface area (Å²) in [7, 11) is 0. The Morgan fingerprint density at radius 2 is 2.04 bits per heavy atom. The van der Waals surface area contributed by atoms with Crippen molar-refractivity contribution in [1.29, 1.82) is 0 Å². The van der Waals surface area contributed by atoms with Gasteiger partial charge in [-0.1, -0.05) is 30.3 Å². The van der Waals surface area contributed by atoms with Crippen LogP contribution in [-0.2, 0) is 11.2 Å². The molecule has 0 bridgehead atoms. The highest BCUT2D eigenvalue weighted by Gasteiger charge is 2.36. The van der Waals surface area contributed by atoms with E-state index >= 15 is 0 Å². The van der Waals surface area contributed by atoms with E-state index in [9.17, 15) is 9.59 Å². The maximum Gasteiger partial charge on any atom is 0.251 e. The zero-order valence-electron chi connectivity index (χ0n) is 14.0. The van der Waals surface area contributed by atoms with Crippen molar-refractivity contribution in [3.8, 4) is 0 Å². The van der Waals surface area contributed by atoms with Crippen molar-refractivity contribution in [3.63, 3.8) is 0 Å². The lowest BCUT2D eigenvalue weighted by Crippen LogP contribution is -2.44. The van der Waals surface area contributed by atoms with Crippen molar-refractivity contribution in [1.82, 2.24) is 5.32 Å². The number of fused-ring (bicyclic) bond motifs is 3. The van der Waals surface area contributed by atoms with Gasteiger partial charge in [-0.05, 0) is 43.0 Å². The molecule has 2 aromatic carbocycles. The Balaban J connectivity index is 1.44. The van der Waals surface area contributed by atoms with E-state index in [-0.39, 0.29) is 17.9 Å². The summed E-state index contributed by atoms with van der Waals surface area (Å²) >= 11 is 0. The molecule has 1 saturated heterocycles. The molecule has 1 atom stereocenters. The summed E-state index contributed by atoms with van der Waals surface area (Å²) in [5, 5.41) is 5.89. The van der Waals surface area contributed by atoms with Crippen LogP contribution in [-0.4, -0.2) is 30.9 Å². The maximum absolute atomic E-state index is 12.4. The third kappa shape index (κ3) is 3.09. The molecule has 1 fully saturated rings. The number of anilines is 2. The Kier molecular flexibility index (Phi) is 4.14. The highest BCUT2D eigenvalue weighted by molar-refractivity contribution is 6.06. The fourth-order valence-corrected chi connectivity index (χ4v) is 3.64. The highest BCUT2D eigenvalue weighted by Crippen LogP contribution is 2.37. The largest absolute Gasteiger partial charge is 0.358 e. The summed E-state index contributed by atoms with van der Waals surface area (Å²) < 4.78 is 0. The highest BCUT2D eigenvalue weighted by atomic mass is 16.2. The van der Waals surface area contributed by atoms with Crippen LogP contribution in [0, 0.1) is 0 Å². The summed E-state index contributed by atoms with van der Waals surface area (Å²) in [5.41, 5.74) is 3.52. The molecule has 2 heterocycles. The fourth-order valence-electron chi connectivity index (χ4n) is 3.64. The average Bonchev–Trinajstić information content (AvgIpc) is 3.13. The van der Waals surface area contributed by atoms with E-state index in [1.165, 1.54) is 5.56 Å². The van der Waals surface area contributed by atoms with Gasteiger partial charge in [0, 0.05) is 18.7 Å². The number of nitrogens with zero attached hydrogens (tertiary/aromatic N) is 1. The van der Waals surface area contributed by atoms with E-state index in [2.05, 4.69) is 15.5 Å². The number of carbonyl (C=O) groups is 2. The van der Waals surface area contributed by atoms with Crippen molar-refractivity contribution in [2.45, 2.75) is 25.3 Å². The predicted octanol–water partition coefficient (Wildman–Crippen LogP) is 2.58. The summed E-state index contributed by atoms with van der Waals surface area (Å²) in [6.45, 7) is 1.48. The molecule has 0 spiro atoms. The average molecular weight is 335 g/mol. The smallest absolute Gasteiger partial charge is 0.251 e. The van der Waals surface area contributed by atoms with E-state index < -0.39 is 0 Å². The predicted molar refractivity (Wildman–Crippen MR) is 97.9 cm³/mol. The standard InChI is InChI=1S/C20H21N3O2/c24-19(21-11-10-14-5-2-1-3-6-14)15-8-9-17-16(13-15)22-20(25)18-7-4-12-23(17)18/h1-3,5-6,8-9,13,18H,4,7,10-12H2,(H,21,24)(H,22,25). The first-order valence-electron chi connectivity index (χ1n) is 8.76. The van der Waals surface area contributed by atoms with E-state index in [0.717, 1.165) is 37.2 Å². The van der Waals surface area contributed by atoms with Gasteiger partial charge in [-0.25, -0.2) is 0 Å². The van der Waals surface area contributed by atoms with Crippen LogP contribution in [0.1, 0.15) is 28.8 Å². The molecule has 2 aliphatic rings. The van der Waals surface area contributed by atoms with Gasteiger partial charge in [0.1, 0.15) is 6.04 Å². The minimum atomic E-state index is -0.114. The van der Waals surface area contributed by atoms with Crippen LogP contribution >= 0.6 is 0 Å². The number of carbonyl (C=O) groups excluding carboxylic acids is 2. The lowest BCUT2D eigenvalue weighted by molar-refractivity contribution is -0.117. The minimum Gasteiger partial charge on any atom is -0.358 e. The van der Waals surface area contributed by atoms with Crippen LogP contribution in [0.25, 0.3) is 0 Å². The quantitative estimate of drug-likeness (QED) is 0.903. The number of amides is 2. The number of hydrogen-bond donors (Lipinski definition) is 2. The van der Waals surface area contributed by atoms with Gasteiger partial charge in [0.2, 0.25) is 5.91 Å². The lowest BCUT2D eigenvalue weighted by atomic mass is 10.1. The number of nitrogens with one attached hydrogen (secondary N) is 2. The molecule has 0 saturated carbocycles. The molecule has 0 aliphatic carbocycles. The van der Waals surface area contributed by atoms with Gasteiger partial charge in [-0.2, -0.15) is 0 Å². The second-order valence-corrected chi connectivity index (χ2v) is 6.56. The topological polar surface area (TPSA) is 61.4 Å². The van der Waals surface area contributed by atoms with Gasteiger partial charge in [0.25, 0.3) is 5.91 Å². The second-order valence-electron chi connectivity index (χ2n) is 6.56. The normalized spacial score (nSPS) is 18.3. The van der Waals surface area contributed by atoms with Gasteiger partial charge in [0.15, 0.2) is 0 Å². The summed E-state index contributed by atoms with van der Waals surface area (Å²) in [6.07, 6.45) is 2.72. The zero-order chi connectivity index (χ0) is 17.2. The summed E-state index contributed by atoms with van der Waals surface area (Å²) in [6, 6.07) is 15.6. The first-order chi connectivity index (χ1) is 12.2. The molecular weight excluding hydrogens is 314 g/mol. The number of hydrogen-bond acceptors (Lipinski definition) is 3. The van der Waals surface area contributed by atoms with Crippen molar-refractivity contribution < 1.29 is 9.59 Å². The minimum absolute atomic E-state index is 0.0339. The van der Waals surface area contributed by atoms with Gasteiger partial charge >= 0.3 is 0 Å². The Morgan fingerprint density at radius 3 is 2.88 bits per heavy atom. The molecular formula is C20H21N3O2. The molecule has 5 heteroatoms. The molecule has 0 aromatic heterocycles. The maximum atomic E-state index is 12.4. The molecule has 2 aromatic rings. The lowest BCUT2D eigenvalue weighted by Gasteiger charge is -2.33. The van der Waals surface area contributed by atoms with Crippen molar-refractivity contribution in [3.05, 3.63) is 59.7 Å². The first-order valence-corrected chi connectivity index (χ1v) is 8.76. The third-order valence-electron chi connectivity index (χ3n) is 4.92. The van der Waals surface area contributed by atoms with Crippen molar-refractivity contribution in [2.24, 2.45) is 0 Å². The zero-order valence-corrected chi connectivity index (χ0v) is 14.0. The fraction of sp³-hybridized carbons (Fsp3) is 0.300. The van der Waals surface area contributed by atoms with Crippen LogP contribution in [0.3, 0.4) is 0 Å². The van der Waals surface area contributed by atoms with E-state index in [1.807, 2.05) is 42.5 Å². The van der Waals surface area contributed by atoms with Gasteiger partial charge in [0.05, 0.1) is 11.4 Å². The SMILES string of the molecule is O=C(NCCc1ccccc1)c1ccc2c(c1)NC(=O)C1CCCN21.